The monoisotopic (exact) mass is 300 g/mol. The Labute approximate surface area is 134 Å². The molecule has 0 aliphatic heterocycles. The molecule has 0 spiro atoms. The second-order valence-corrected chi connectivity index (χ2v) is 8.61. The Kier molecular flexibility index (Phi) is 11.4. The van der Waals surface area contributed by atoms with Gasteiger partial charge in [0.25, 0.3) is 0 Å². The fourth-order valence-corrected chi connectivity index (χ4v) is 2.19. The Morgan fingerprint density at radius 3 is 1.14 bits per heavy atom. The van der Waals surface area contributed by atoms with Crippen molar-refractivity contribution in [3.63, 3.8) is 0 Å². The van der Waals surface area contributed by atoms with E-state index < -0.39 is 0 Å². The first-order valence-electron chi connectivity index (χ1n) is 8.86. The van der Waals surface area contributed by atoms with Crippen LogP contribution in [0, 0.1) is 10.8 Å². The van der Waals surface area contributed by atoms with Gasteiger partial charge in [0.2, 0.25) is 0 Å². The van der Waals surface area contributed by atoms with Gasteiger partial charge in [-0.25, -0.2) is 0 Å². The number of rotatable bonds is 12. The summed E-state index contributed by atoms with van der Waals surface area (Å²) in [5.41, 5.74) is 0.918. The summed E-state index contributed by atoms with van der Waals surface area (Å²) < 4.78 is 11.3. The van der Waals surface area contributed by atoms with Crippen LogP contribution in [0.2, 0.25) is 0 Å². The van der Waals surface area contributed by atoms with Crippen molar-refractivity contribution in [2.45, 2.75) is 86.5 Å². The van der Waals surface area contributed by atoms with Gasteiger partial charge in [-0.2, -0.15) is 0 Å². The van der Waals surface area contributed by atoms with Crippen LogP contribution in [0.3, 0.4) is 0 Å². The van der Waals surface area contributed by atoms with Crippen molar-refractivity contribution in [3.8, 4) is 0 Å². The number of ether oxygens (including phenoxy) is 2. The maximum atomic E-state index is 5.64. The Bertz CT molecular complexity index is 199. The Balaban J connectivity index is 3.10. The van der Waals surface area contributed by atoms with Gasteiger partial charge in [-0.05, 0) is 42.9 Å². The predicted octanol–water partition coefficient (Wildman–Crippen LogP) is 5.84. The van der Waals surface area contributed by atoms with E-state index in [1.807, 2.05) is 0 Å². The molecule has 128 valence electrons. The third kappa shape index (κ3) is 19.9. The minimum absolute atomic E-state index is 0.459. The average molecular weight is 301 g/mol. The van der Waals surface area contributed by atoms with E-state index in [2.05, 4.69) is 41.5 Å². The third-order valence-electron chi connectivity index (χ3n) is 3.51. The summed E-state index contributed by atoms with van der Waals surface area (Å²) in [4.78, 5) is 0. The fourth-order valence-electron chi connectivity index (χ4n) is 2.19. The minimum atomic E-state index is 0.459. The summed E-state index contributed by atoms with van der Waals surface area (Å²) in [7, 11) is 0. The minimum Gasteiger partial charge on any atom is -0.381 e. The maximum Gasteiger partial charge on any atom is 0.0487 e. The van der Waals surface area contributed by atoms with Gasteiger partial charge in [0, 0.05) is 26.4 Å². The zero-order valence-corrected chi connectivity index (χ0v) is 15.6. The van der Waals surface area contributed by atoms with Gasteiger partial charge >= 0.3 is 0 Å². The van der Waals surface area contributed by atoms with E-state index in [9.17, 15) is 0 Å². The predicted molar refractivity (Wildman–Crippen MR) is 92.9 cm³/mol. The third-order valence-corrected chi connectivity index (χ3v) is 3.51. The molecule has 0 heterocycles. The zero-order chi connectivity index (χ0) is 16.2. The molecule has 0 N–H and O–H groups in total. The first kappa shape index (κ1) is 20.9. The molecular weight excluding hydrogens is 260 g/mol. The van der Waals surface area contributed by atoms with E-state index in [4.69, 9.17) is 9.47 Å². The zero-order valence-electron chi connectivity index (χ0n) is 15.6. The summed E-state index contributed by atoms with van der Waals surface area (Å²) in [5.74, 6) is 0. The van der Waals surface area contributed by atoms with Crippen LogP contribution in [0.1, 0.15) is 86.5 Å². The smallest absolute Gasteiger partial charge is 0.0487 e. The van der Waals surface area contributed by atoms with Crippen LogP contribution in [0.5, 0.6) is 0 Å². The summed E-state index contributed by atoms with van der Waals surface area (Å²) >= 11 is 0. The molecule has 0 saturated carbocycles. The van der Waals surface area contributed by atoms with Crippen molar-refractivity contribution in [1.29, 1.82) is 0 Å². The molecule has 0 amide bonds. The lowest BCUT2D eigenvalue weighted by molar-refractivity contribution is 0.0781. The van der Waals surface area contributed by atoms with E-state index >= 15 is 0 Å². The molecule has 0 aromatic heterocycles. The molecule has 0 aliphatic carbocycles. The molecule has 0 saturated heterocycles. The molecule has 0 aliphatic rings. The van der Waals surface area contributed by atoms with Gasteiger partial charge in [-0.15, -0.1) is 0 Å². The van der Waals surface area contributed by atoms with E-state index in [0.29, 0.717) is 10.8 Å². The van der Waals surface area contributed by atoms with Gasteiger partial charge < -0.3 is 9.47 Å². The molecular formula is C19H40O2. The molecule has 0 rings (SSSR count). The number of unbranched alkanes of at least 4 members (excludes halogenated alkanes) is 2. The van der Waals surface area contributed by atoms with Crippen LogP contribution >= 0.6 is 0 Å². The van der Waals surface area contributed by atoms with Crippen molar-refractivity contribution in [2.75, 3.05) is 26.4 Å². The van der Waals surface area contributed by atoms with Crippen molar-refractivity contribution < 1.29 is 9.47 Å². The summed E-state index contributed by atoms with van der Waals surface area (Å²) in [6.07, 6.45) is 8.51. The van der Waals surface area contributed by atoms with Gasteiger partial charge in [0.05, 0.1) is 0 Å². The molecule has 0 aromatic carbocycles. The standard InChI is InChI=1S/C19H40O2/c1-18(2,3)12-7-9-14-20-16-11-17-21-15-10-8-13-19(4,5)6/h7-17H2,1-6H3. The average Bonchev–Trinajstić information content (AvgIpc) is 2.32. The molecule has 0 atom stereocenters. The van der Waals surface area contributed by atoms with E-state index in [-0.39, 0.29) is 0 Å². The van der Waals surface area contributed by atoms with Crippen molar-refractivity contribution in [1.82, 2.24) is 0 Å². The van der Waals surface area contributed by atoms with Crippen LogP contribution in [0.25, 0.3) is 0 Å². The normalized spacial score (nSPS) is 12.9. The summed E-state index contributed by atoms with van der Waals surface area (Å²) in [6, 6.07) is 0. The van der Waals surface area contributed by atoms with Gasteiger partial charge in [0.15, 0.2) is 0 Å². The Hall–Kier alpha value is -0.0800. The Morgan fingerprint density at radius 1 is 0.476 bits per heavy atom. The fraction of sp³-hybridized carbons (Fsp3) is 1.00. The van der Waals surface area contributed by atoms with Gasteiger partial charge in [0.1, 0.15) is 0 Å². The lowest BCUT2D eigenvalue weighted by atomic mass is 9.90. The van der Waals surface area contributed by atoms with Crippen LogP contribution in [0.15, 0.2) is 0 Å². The quantitative estimate of drug-likeness (QED) is 0.421. The van der Waals surface area contributed by atoms with Crippen LogP contribution in [0.4, 0.5) is 0 Å². The summed E-state index contributed by atoms with van der Waals surface area (Å²) in [5, 5.41) is 0. The molecule has 0 aromatic rings. The van der Waals surface area contributed by atoms with Crippen molar-refractivity contribution in [2.24, 2.45) is 10.8 Å². The first-order chi connectivity index (χ1) is 9.71. The largest absolute Gasteiger partial charge is 0.381 e. The van der Waals surface area contributed by atoms with E-state index in [1.165, 1.54) is 38.5 Å². The molecule has 0 radical (unpaired) electrons. The van der Waals surface area contributed by atoms with Crippen molar-refractivity contribution in [3.05, 3.63) is 0 Å². The van der Waals surface area contributed by atoms with Crippen LogP contribution < -0.4 is 0 Å². The number of hydrogen-bond acceptors (Lipinski definition) is 2. The Morgan fingerprint density at radius 2 is 0.810 bits per heavy atom. The van der Waals surface area contributed by atoms with E-state index in [1.54, 1.807) is 0 Å². The second kappa shape index (κ2) is 11.5. The van der Waals surface area contributed by atoms with Crippen LogP contribution in [-0.4, -0.2) is 26.4 Å². The van der Waals surface area contributed by atoms with Crippen LogP contribution in [-0.2, 0) is 9.47 Å². The molecule has 0 fully saturated rings. The van der Waals surface area contributed by atoms with Gasteiger partial charge in [-0.3, -0.25) is 0 Å². The molecule has 0 unspecified atom stereocenters. The number of hydrogen-bond donors (Lipinski definition) is 0. The molecule has 0 bridgehead atoms. The first-order valence-corrected chi connectivity index (χ1v) is 8.86. The van der Waals surface area contributed by atoms with E-state index in [0.717, 1.165) is 32.8 Å². The molecule has 21 heavy (non-hydrogen) atoms. The molecule has 2 heteroatoms. The lowest BCUT2D eigenvalue weighted by Crippen LogP contribution is -2.07. The summed E-state index contributed by atoms with van der Waals surface area (Å²) in [6.45, 7) is 17.3. The second-order valence-electron chi connectivity index (χ2n) is 8.61. The topological polar surface area (TPSA) is 18.5 Å². The highest BCUT2D eigenvalue weighted by Gasteiger charge is 2.09. The van der Waals surface area contributed by atoms with Crippen molar-refractivity contribution >= 4 is 0 Å². The molecule has 2 nitrogen and oxygen atoms in total. The van der Waals surface area contributed by atoms with Gasteiger partial charge in [-0.1, -0.05) is 54.4 Å². The highest BCUT2D eigenvalue weighted by Crippen LogP contribution is 2.22. The SMILES string of the molecule is CC(C)(C)CCCCOCCCOCCCCC(C)(C)C. The lowest BCUT2D eigenvalue weighted by Gasteiger charge is -2.17. The highest BCUT2D eigenvalue weighted by molar-refractivity contribution is 4.61. The maximum absolute atomic E-state index is 5.64. The highest BCUT2D eigenvalue weighted by atomic mass is 16.5.